The number of aryl methyl sites for hydroxylation is 1. The molecule has 0 unspecified atom stereocenters. The molecule has 0 aliphatic carbocycles. The number of carbonyl (C=O) groups is 1. The van der Waals surface area contributed by atoms with E-state index in [-0.39, 0.29) is 5.91 Å². The summed E-state index contributed by atoms with van der Waals surface area (Å²) in [5.74, 6) is -0.0452. The van der Waals surface area contributed by atoms with Crippen LogP contribution in [0.2, 0.25) is 0 Å². The minimum Gasteiger partial charge on any atom is -0.321 e. The lowest BCUT2D eigenvalue weighted by Gasteiger charge is -1.97. The third kappa shape index (κ3) is 2.37. The second-order valence-electron chi connectivity index (χ2n) is 2.44. The van der Waals surface area contributed by atoms with Crippen molar-refractivity contribution < 1.29 is 9.36 Å². The van der Waals surface area contributed by atoms with Gasteiger partial charge in [-0.25, -0.2) is 4.57 Å². The van der Waals surface area contributed by atoms with Gasteiger partial charge in [0.1, 0.15) is 12.7 Å². The third-order valence-corrected chi connectivity index (χ3v) is 1.26. The largest absolute Gasteiger partial charge is 0.321 e. The Hall–Kier alpha value is -1.38. The zero-order chi connectivity index (χ0) is 8.27. The predicted octanol–water partition coefficient (Wildman–Crippen LogP) is 0.469. The highest BCUT2D eigenvalue weighted by atomic mass is 16.1. The average Bonchev–Trinajstić information content (AvgIpc) is 1.85. The van der Waals surface area contributed by atoms with E-state index in [0.29, 0.717) is 0 Å². The second-order valence-corrected chi connectivity index (χ2v) is 2.44. The lowest BCUT2D eigenvalue weighted by molar-refractivity contribution is -0.670. The number of aromatic nitrogens is 1. The van der Waals surface area contributed by atoms with Gasteiger partial charge in [-0.1, -0.05) is 0 Å². The number of carbonyl (C=O) groups excluding carboxylic acids is 1. The minimum atomic E-state index is -0.0452. The Balaban J connectivity index is 2.79. The summed E-state index contributed by atoms with van der Waals surface area (Å²) in [6, 6.07) is 3.73. The first-order valence-corrected chi connectivity index (χ1v) is 3.41. The minimum absolute atomic E-state index is 0.0452. The molecule has 0 aliphatic rings. The molecule has 1 amide bonds. The van der Waals surface area contributed by atoms with Crippen molar-refractivity contribution >= 4 is 11.6 Å². The first-order valence-electron chi connectivity index (χ1n) is 3.41. The van der Waals surface area contributed by atoms with E-state index < -0.39 is 0 Å². The van der Waals surface area contributed by atoms with E-state index in [1.54, 1.807) is 0 Å². The molecule has 1 rings (SSSR count). The molecule has 0 spiro atoms. The van der Waals surface area contributed by atoms with Gasteiger partial charge in [-0.2, -0.15) is 0 Å². The number of hydrogen-bond donors (Lipinski definition) is 1. The van der Waals surface area contributed by atoms with Crippen LogP contribution in [0.25, 0.3) is 0 Å². The molecule has 0 atom stereocenters. The van der Waals surface area contributed by atoms with Crippen molar-refractivity contribution in [1.29, 1.82) is 0 Å². The zero-order valence-corrected chi connectivity index (χ0v) is 6.66. The number of nitrogens with zero attached hydrogens (tertiary/aromatic N) is 1. The number of anilines is 1. The average molecular weight is 151 g/mol. The molecule has 0 radical (unpaired) electrons. The van der Waals surface area contributed by atoms with Gasteiger partial charge >= 0.3 is 0 Å². The number of hydrogen-bond acceptors (Lipinski definition) is 1. The molecule has 0 fully saturated rings. The van der Waals surface area contributed by atoms with Crippen LogP contribution in [0, 0.1) is 0 Å². The Morgan fingerprint density at radius 1 is 1.64 bits per heavy atom. The van der Waals surface area contributed by atoms with Crippen molar-refractivity contribution in [1.82, 2.24) is 0 Å². The summed E-state index contributed by atoms with van der Waals surface area (Å²) < 4.78 is 1.88. The smallest absolute Gasteiger partial charge is 0.221 e. The zero-order valence-electron chi connectivity index (χ0n) is 6.66. The predicted molar refractivity (Wildman–Crippen MR) is 41.9 cm³/mol. The molecule has 58 valence electrons. The van der Waals surface area contributed by atoms with Crippen LogP contribution in [0.3, 0.4) is 0 Å². The Labute approximate surface area is 65.7 Å². The molecule has 0 saturated carbocycles. The lowest BCUT2D eigenvalue weighted by atomic mass is 10.4. The maximum Gasteiger partial charge on any atom is 0.221 e. The van der Waals surface area contributed by atoms with Crippen molar-refractivity contribution in [3.05, 3.63) is 24.5 Å². The highest BCUT2D eigenvalue weighted by Gasteiger charge is 1.97. The molecule has 0 saturated heterocycles. The van der Waals surface area contributed by atoms with Crippen LogP contribution in [0.5, 0.6) is 0 Å². The summed E-state index contributed by atoms with van der Waals surface area (Å²) in [5, 5.41) is 2.69. The SMILES string of the molecule is CC(=O)Nc1ccc[n+](C)c1. The van der Waals surface area contributed by atoms with Crippen molar-refractivity contribution in [3.8, 4) is 0 Å². The van der Waals surface area contributed by atoms with E-state index in [0.717, 1.165) is 5.69 Å². The topological polar surface area (TPSA) is 33.0 Å². The van der Waals surface area contributed by atoms with Crippen molar-refractivity contribution in [3.63, 3.8) is 0 Å². The number of nitrogens with one attached hydrogen (secondary N) is 1. The molecule has 3 heteroatoms. The van der Waals surface area contributed by atoms with Gasteiger partial charge in [-0.15, -0.1) is 0 Å². The quantitative estimate of drug-likeness (QED) is 0.581. The molecule has 11 heavy (non-hydrogen) atoms. The first kappa shape index (κ1) is 7.72. The van der Waals surface area contributed by atoms with Crippen molar-refractivity contribution in [2.45, 2.75) is 6.92 Å². The fourth-order valence-corrected chi connectivity index (χ4v) is 0.865. The van der Waals surface area contributed by atoms with Crippen LogP contribution in [0.4, 0.5) is 5.69 Å². The maximum atomic E-state index is 10.6. The van der Waals surface area contributed by atoms with Crippen LogP contribution in [-0.4, -0.2) is 5.91 Å². The molecule has 3 nitrogen and oxygen atoms in total. The van der Waals surface area contributed by atoms with E-state index in [9.17, 15) is 4.79 Å². The Morgan fingerprint density at radius 3 is 2.91 bits per heavy atom. The normalized spacial score (nSPS) is 9.27. The summed E-state index contributed by atoms with van der Waals surface area (Å²) in [5.41, 5.74) is 0.822. The van der Waals surface area contributed by atoms with E-state index in [4.69, 9.17) is 0 Å². The maximum absolute atomic E-state index is 10.6. The third-order valence-electron chi connectivity index (χ3n) is 1.26. The second kappa shape index (κ2) is 3.14. The lowest BCUT2D eigenvalue weighted by Crippen LogP contribution is -2.27. The molecule has 0 aliphatic heterocycles. The molecular weight excluding hydrogens is 140 g/mol. The van der Waals surface area contributed by atoms with Crippen molar-refractivity contribution in [2.75, 3.05) is 5.32 Å². The number of rotatable bonds is 1. The van der Waals surface area contributed by atoms with Crippen LogP contribution in [-0.2, 0) is 11.8 Å². The summed E-state index contributed by atoms with van der Waals surface area (Å²) in [4.78, 5) is 10.6. The van der Waals surface area contributed by atoms with E-state index in [1.165, 1.54) is 6.92 Å². The van der Waals surface area contributed by atoms with Gasteiger partial charge in [-0.05, 0) is 6.07 Å². The van der Waals surface area contributed by atoms with Crippen molar-refractivity contribution in [2.24, 2.45) is 7.05 Å². The van der Waals surface area contributed by atoms with Crippen LogP contribution in [0.1, 0.15) is 6.92 Å². The van der Waals surface area contributed by atoms with Gasteiger partial charge in [0.25, 0.3) is 0 Å². The summed E-state index contributed by atoms with van der Waals surface area (Å²) in [6.07, 6.45) is 3.76. The van der Waals surface area contributed by atoms with Gasteiger partial charge in [0.05, 0.1) is 0 Å². The summed E-state index contributed by atoms with van der Waals surface area (Å²) in [6.45, 7) is 1.49. The van der Waals surface area contributed by atoms with Gasteiger partial charge in [-0.3, -0.25) is 4.79 Å². The molecule has 1 heterocycles. The Kier molecular flexibility index (Phi) is 2.21. The van der Waals surface area contributed by atoms with Gasteiger partial charge in [0, 0.05) is 13.0 Å². The van der Waals surface area contributed by atoms with Gasteiger partial charge in [0.2, 0.25) is 5.91 Å². The van der Waals surface area contributed by atoms with Crippen LogP contribution < -0.4 is 9.88 Å². The van der Waals surface area contributed by atoms with Gasteiger partial charge in [0.15, 0.2) is 12.4 Å². The Bertz CT molecular complexity index is 271. The van der Waals surface area contributed by atoms with E-state index in [1.807, 2.05) is 36.1 Å². The highest BCUT2D eigenvalue weighted by molar-refractivity contribution is 5.88. The monoisotopic (exact) mass is 151 g/mol. The molecule has 0 bridgehead atoms. The fourth-order valence-electron chi connectivity index (χ4n) is 0.865. The summed E-state index contributed by atoms with van der Waals surface area (Å²) >= 11 is 0. The van der Waals surface area contributed by atoms with Crippen LogP contribution >= 0.6 is 0 Å². The molecular formula is C8H11N2O+. The van der Waals surface area contributed by atoms with Gasteiger partial charge < -0.3 is 5.32 Å². The standard InChI is InChI=1S/C8H10N2O/c1-7(11)9-8-4-3-5-10(2)6-8/h3-6H,1-2H3/p+1. The van der Waals surface area contributed by atoms with Crippen LogP contribution in [0.15, 0.2) is 24.5 Å². The Morgan fingerprint density at radius 2 is 2.36 bits per heavy atom. The van der Waals surface area contributed by atoms with E-state index in [2.05, 4.69) is 5.32 Å². The molecule has 1 N–H and O–H groups in total. The number of pyridine rings is 1. The fraction of sp³-hybridized carbons (Fsp3) is 0.250. The first-order chi connectivity index (χ1) is 5.18. The molecule has 1 aromatic rings. The summed E-state index contributed by atoms with van der Waals surface area (Å²) in [7, 11) is 1.91. The number of amides is 1. The highest BCUT2D eigenvalue weighted by Crippen LogP contribution is 1.99. The molecule has 0 aromatic carbocycles. The van der Waals surface area contributed by atoms with E-state index >= 15 is 0 Å². The molecule has 1 aromatic heterocycles.